The van der Waals surface area contributed by atoms with Crippen LogP contribution in [0.25, 0.3) is 6.08 Å². The Morgan fingerprint density at radius 3 is 2.47 bits per heavy atom. The fraction of sp³-hybridized carbons (Fsp3) is 0.500. The van der Waals surface area contributed by atoms with Gasteiger partial charge in [-0.3, -0.25) is 0 Å². The zero-order valence-electron chi connectivity index (χ0n) is 11.8. The molecule has 0 aliphatic carbocycles. The first-order valence-corrected chi connectivity index (χ1v) is 6.53. The van der Waals surface area contributed by atoms with E-state index in [1.165, 1.54) is 22.3 Å². The lowest BCUT2D eigenvalue weighted by Gasteiger charge is -2.10. The van der Waals surface area contributed by atoms with E-state index in [1.54, 1.807) is 0 Å². The summed E-state index contributed by atoms with van der Waals surface area (Å²) in [4.78, 5) is 0. The molecular weight excluding hydrogens is 206 g/mol. The van der Waals surface area contributed by atoms with E-state index < -0.39 is 0 Å². The summed E-state index contributed by atoms with van der Waals surface area (Å²) in [7, 11) is 0. The maximum Gasteiger partial charge on any atom is 0.0170 e. The first kappa shape index (κ1) is 14.0. The standard InChI is InChI=1S/C16H25N/c1-6-15(11-17-12(2)3)10-16-8-7-13(4)14(5)9-16/h7-10,12,17H,6,11H2,1-5H3. The van der Waals surface area contributed by atoms with Crippen LogP contribution < -0.4 is 5.32 Å². The minimum Gasteiger partial charge on any atom is -0.311 e. The van der Waals surface area contributed by atoms with Gasteiger partial charge in [-0.2, -0.15) is 0 Å². The van der Waals surface area contributed by atoms with E-state index in [1.807, 2.05) is 0 Å². The predicted octanol–water partition coefficient (Wildman–Crippen LogP) is 4.09. The van der Waals surface area contributed by atoms with Gasteiger partial charge in [0.2, 0.25) is 0 Å². The molecule has 0 spiro atoms. The first-order valence-electron chi connectivity index (χ1n) is 6.53. The van der Waals surface area contributed by atoms with Crippen molar-refractivity contribution in [1.82, 2.24) is 5.32 Å². The highest BCUT2D eigenvalue weighted by Gasteiger charge is 1.99. The average Bonchev–Trinajstić information content (AvgIpc) is 2.28. The molecule has 0 heterocycles. The first-order chi connectivity index (χ1) is 8.02. The van der Waals surface area contributed by atoms with Gasteiger partial charge in [0.1, 0.15) is 0 Å². The van der Waals surface area contributed by atoms with Crippen LogP contribution in [0.15, 0.2) is 23.8 Å². The monoisotopic (exact) mass is 231 g/mol. The molecule has 0 aromatic heterocycles. The van der Waals surface area contributed by atoms with Crippen LogP contribution >= 0.6 is 0 Å². The van der Waals surface area contributed by atoms with Crippen molar-refractivity contribution in [2.24, 2.45) is 0 Å². The second-order valence-electron chi connectivity index (χ2n) is 5.04. The van der Waals surface area contributed by atoms with E-state index >= 15 is 0 Å². The molecular formula is C16H25N. The zero-order chi connectivity index (χ0) is 12.8. The Balaban J connectivity index is 2.79. The number of rotatable bonds is 5. The largest absolute Gasteiger partial charge is 0.311 e. The summed E-state index contributed by atoms with van der Waals surface area (Å²) < 4.78 is 0. The Morgan fingerprint density at radius 1 is 1.24 bits per heavy atom. The number of nitrogens with one attached hydrogen (secondary N) is 1. The minimum absolute atomic E-state index is 0.546. The molecule has 0 fully saturated rings. The van der Waals surface area contributed by atoms with Gasteiger partial charge in [0.25, 0.3) is 0 Å². The smallest absolute Gasteiger partial charge is 0.0170 e. The van der Waals surface area contributed by atoms with Crippen molar-refractivity contribution >= 4 is 6.08 Å². The summed E-state index contributed by atoms with van der Waals surface area (Å²) in [6, 6.07) is 7.21. The zero-order valence-corrected chi connectivity index (χ0v) is 11.8. The summed E-state index contributed by atoms with van der Waals surface area (Å²) in [5.41, 5.74) is 5.50. The van der Waals surface area contributed by atoms with Crippen LogP contribution in [-0.2, 0) is 0 Å². The van der Waals surface area contributed by atoms with Gasteiger partial charge in [0, 0.05) is 12.6 Å². The fourth-order valence-electron chi connectivity index (χ4n) is 1.70. The van der Waals surface area contributed by atoms with E-state index in [9.17, 15) is 0 Å². The van der Waals surface area contributed by atoms with Crippen molar-refractivity contribution in [2.75, 3.05) is 6.54 Å². The third kappa shape index (κ3) is 4.74. The van der Waals surface area contributed by atoms with Crippen molar-refractivity contribution in [3.63, 3.8) is 0 Å². The molecule has 1 nitrogen and oxygen atoms in total. The Bertz CT molecular complexity index is 389. The molecule has 17 heavy (non-hydrogen) atoms. The number of hydrogen-bond acceptors (Lipinski definition) is 1. The van der Waals surface area contributed by atoms with Crippen molar-refractivity contribution < 1.29 is 0 Å². The molecule has 0 atom stereocenters. The van der Waals surface area contributed by atoms with Crippen molar-refractivity contribution in [3.8, 4) is 0 Å². The summed E-state index contributed by atoms with van der Waals surface area (Å²) in [6.45, 7) is 11.9. The van der Waals surface area contributed by atoms with Crippen molar-refractivity contribution in [1.29, 1.82) is 0 Å². The molecule has 0 amide bonds. The van der Waals surface area contributed by atoms with Crippen LogP contribution in [0, 0.1) is 13.8 Å². The van der Waals surface area contributed by atoms with Crippen molar-refractivity contribution in [3.05, 3.63) is 40.5 Å². The molecule has 0 saturated heterocycles. The van der Waals surface area contributed by atoms with Gasteiger partial charge in [-0.25, -0.2) is 0 Å². The van der Waals surface area contributed by atoms with Gasteiger partial charge in [-0.1, -0.05) is 50.6 Å². The number of aryl methyl sites for hydroxylation is 2. The van der Waals surface area contributed by atoms with Crippen LogP contribution in [0.4, 0.5) is 0 Å². The molecule has 0 radical (unpaired) electrons. The summed E-state index contributed by atoms with van der Waals surface area (Å²) in [5, 5.41) is 3.47. The molecule has 94 valence electrons. The Labute approximate surface area is 106 Å². The topological polar surface area (TPSA) is 12.0 Å². The van der Waals surface area contributed by atoms with E-state index in [0.29, 0.717) is 6.04 Å². The maximum atomic E-state index is 3.47. The molecule has 0 unspecified atom stereocenters. The lowest BCUT2D eigenvalue weighted by molar-refractivity contribution is 0.617. The van der Waals surface area contributed by atoms with E-state index in [0.717, 1.165) is 13.0 Å². The van der Waals surface area contributed by atoms with Crippen LogP contribution in [0.2, 0.25) is 0 Å². The van der Waals surface area contributed by atoms with E-state index in [2.05, 4.69) is 64.2 Å². The molecule has 1 heteroatoms. The van der Waals surface area contributed by atoms with E-state index in [-0.39, 0.29) is 0 Å². The quantitative estimate of drug-likeness (QED) is 0.804. The van der Waals surface area contributed by atoms with Crippen molar-refractivity contribution in [2.45, 2.75) is 47.1 Å². The molecule has 1 aromatic carbocycles. The normalized spacial score (nSPS) is 12.2. The third-order valence-electron chi connectivity index (χ3n) is 3.09. The van der Waals surface area contributed by atoms with Gasteiger partial charge in [0.05, 0.1) is 0 Å². The van der Waals surface area contributed by atoms with Crippen LogP contribution in [0.3, 0.4) is 0 Å². The van der Waals surface area contributed by atoms with Crippen LogP contribution in [-0.4, -0.2) is 12.6 Å². The summed E-state index contributed by atoms with van der Waals surface area (Å²) in [5.74, 6) is 0. The lowest BCUT2D eigenvalue weighted by atomic mass is 10.0. The molecule has 0 saturated carbocycles. The van der Waals surface area contributed by atoms with Gasteiger partial charge >= 0.3 is 0 Å². The number of hydrogen-bond donors (Lipinski definition) is 1. The SMILES string of the molecule is CCC(=Cc1ccc(C)c(C)c1)CNC(C)C. The molecule has 1 rings (SSSR count). The van der Waals surface area contributed by atoms with E-state index in [4.69, 9.17) is 0 Å². The molecule has 1 N–H and O–H groups in total. The van der Waals surface area contributed by atoms with Gasteiger partial charge in [-0.15, -0.1) is 0 Å². The molecule has 0 aliphatic rings. The Hall–Kier alpha value is -1.08. The predicted molar refractivity (Wildman–Crippen MR) is 77.3 cm³/mol. The molecule has 0 aliphatic heterocycles. The minimum atomic E-state index is 0.546. The lowest BCUT2D eigenvalue weighted by Crippen LogP contribution is -2.24. The molecule has 1 aromatic rings. The van der Waals surface area contributed by atoms with Gasteiger partial charge < -0.3 is 5.32 Å². The van der Waals surface area contributed by atoms with Crippen LogP contribution in [0.5, 0.6) is 0 Å². The summed E-state index contributed by atoms with van der Waals surface area (Å²) in [6.07, 6.45) is 3.41. The summed E-state index contributed by atoms with van der Waals surface area (Å²) >= 11 is 0. The highest BCUT2D eigenvalue weighted by atomic mass is 14.9. The Morgan fingerprint density at radius 2 is 1.94 bits per heavy atom. The number of benzene rings is 1. The second-order valence-corrected chi connectivity index (χ2v) is 5.04. The molecule has 0 bridgehead atoms. The highest BCUT2D eigenvalue weighted by Crippen LogP contribution is 2.14. The van der Waals surface area contributed by atoms with Gasteiger partial charge in [-0.05, 0) is 37.0 Å². The van der Waals surface area contributed by atoms with Crippen LogP contribution in [0.1, 0.15) is 43.9 Å². The Kier molecular flexibility index (Phi) is 5.43. The maximum absolute atomic E-state index is 3.47. The third-order valence-corrected chi connectivity index (χ3v) is 3.09. The second kappa shape index (κ2) is 6.61. The van der Waals surface area contributed by atoms with Gasteiger partial charge in [0.15, 0.2) is 0 Å². The fourth-order valence-corrected chi connectivity index (χ4v) is 1.70. The average molecular weight is 231 g/mol. The highest BCUT2D eigenvalue weighted by molar-refractivity contribution is 5.55.